The van der Waals surface area contributed by atoms with Gasteiger partial charge < -0.3 is 10.3 Å². The predicted octanol–water partition coefficient (Wildman–Crippen LogP) is 1.41. The molecule has 0 aliphatic carbocycles. The molecule has 0 aromatic heterocycles. The van der Waals surface area contributed by atoms with Crippen LogP contribution in [0, 0.1) is 5.92 Å². The van der Waals surface area contributed by atoms with Crippen LogP contribution in [-0.4, -0.2) is 31.8 Å². The predicted molar refractivity (Wildman–Crippen MR) is 61.5 cm³/mol. The van der Waals surface area contributed by atoms with Crippen molar-refractivity contribution in [3.05, 3.63) is 0 Å². The van der Waals surface area contributed by atoms with E-state index in [1.165, 1.54) is 0 Å². The summed E-state index contributed by atoms with van der Waals surface area (Å²) in [5.41, 5.74) is 5.51. The van der Waals surface area contributed by atoms with Crippen molar-refractivity contribution < 1.29 is 4.79 Å². The molecule has 2 N–H and O–H groups in total. The van der Waals surface area contributed by atoms with E-state index in [0.29, 0.717) is 6.54 Å². The van der Waals surface area contributed by atoms with Crippen LogP contribution in [0.15, 0.2) is 0 Å². The molecule has 4 heteroatoms. The Balaban J connectivity index is 2.74. The summed E-state index contributed by atoms with van der Waals surface area (Å²) >= 11 is 0. The van der Waals surface area contributed by atoms with Crippen molar-refractivity contribution in [2.24, 2.45) is 11.7 Å². The number of carbonyl (C=O) groups excluding carboxylic acids is 1. The number of amides is 1. The molecular weight excluding hydrogens is 192 g/mol. The Hall–Kier alpha value is -0.353. The average Bonchev–Trinajstić information content (AvgIpc) is 2.00. The number of β-lactam (4-membered cyclic amide) rings is 1. The molecule has 0 aromatic rings. The van der Waals surface area contributed by atoms with E-state index in [4.69, 9.17) is 5.73 Å². The third-order valence-electron chi connectivity index (χ3n) is 3.81. The summed E-state index contributed by atoms with van der Waals surface area (Å²) in [7, 11) is -1.61. The molecule has 0 aromatic carbocycles. The maximum atomic E-state index is 11.8. The lowest BCUT2D eigenvalue weighted by molar-refractivity contribution is -0.140. The van der Waals surface area contributed by atoms with E-state index in [9.17, 15) is 4.79 Å². The van der Waals surface area contributed by atoms with Crippen molar-refractivity contribution >= 4 is 14.1 Å². The van der Waals surface area contributed by atoms with E-state index in [1.807, 2.05) is 0 Å². The van der Waals surface area contributed by atoms with Crippen LogP contribution in [0.25, 0.3) is 0 Å². The molecule has 82 valence electrons. The molecule has 1 aliphatic rings. The van der Waals surface area contributed by atoms with Crippen molar-refractivity contribution in [2.75, 3.05) is 13.1 Å². The van der Waals surface area contributed by atoms with Crippen LogP contribution in [0.4, 0.5) is 0 Å². The zero-order valence-corrected chi connectivity index (χ0v) is 10.9. The zero-order chi connectivity index (χ0) is 11.1. The maximum Gasteiger partial charge on any atom is 0.220 e. The molecule has 14 heavy (non-hydrogen) atoms. The molecule has 1 rings (SSSR count). The first-order valence-electron chi connectivity index (χ1n) is 5.23. The van der Waals surface area contributed by atoms with Crippen LogP contribution < -0.4 is 5.73 Å². The van der Waals surface area contributed by atoms with Gasteiger partial charge in [-0.3, -0.25) is 4.79 Å². The van der Waals surface area contributed by atoms with Gasteiger partial charge in [-0.2, -0.15) is 0 Å². The van der Waals surface area contributed by atoms with Gasteiger partial charge in [0.15, 0.2) is 8.24 Å². The fourth-order valence-electron chi connectivity index (χ4n) is 1.58. The minimum absolute atomic E-state index is 0.101. The summed E-state index contributed by atoms with van der Waals surface area (Å²) in [5, 5.41) is 0.238. The minimum atomic E-state index is -1.61. The smallest absolute Gasteiger partial charge is 0.220 e. The largest absolute Gasteiger partial charge is 0.368 e. The molecule has 1 fully saturated rings. The second kappa shape index (κ2) is 3.34. The number of carbonyl (C=O) groups is 1. The van der Waals surface area contributed by atoms with E-state index in [0.717, 1.165) is 6.54 Å². The fourth-order valence-corrected chi connectivity index (χ4v) is 3.80. The summed E-state index contributed by atoms with van der Waals surface area (Å²) < 4.78 is 2.09. The Kier molecular flexibility index (Phi) is 2.80. The van der Waals surface area contributed by atoms with Crippen molar-refractivity contribution in [3.8, 4) is 0 Å². The van der Waals surface area contributed by atoms with Crippen LogP contribution in [-0.2, 0) is 4.79 Å². The Morgan fingerprint density at radius 1 is 1.50 bits per heavy atom. The topological polar surface area (TPSA) is 46.3 Å². The van der Waals surface area contributed by atoms with E-state index >= 15 is 0 Å². The van der Waals surface area contributed by atoms with Crippen molar-refractivity contribution in [1.82, 2.24) is 4.57 Å². The first kappa shape index (κ1) is 11.7. The molecule has 0 saturated carbocycles. The summed E-state index contributed by atoms with van der Waals surface area (Å²) in [5.74, 6) is 0.378. The summed E-state index contributed by atoms with van der Waals surface area (Å²) in [6.45, 7) is 12.6. The molecular formula is C10H22N2OSi. The number of hydrogen-bond acceptors (Lipinski definition) is 2. The summed E-state index contributed by atoms with van der Waals surface area (Å²) in [6.07, 6.45) is 0. The van der Waals surface area contributed by atoms with Gasteiger partial charge in [-0.05, 0) is 5.04 Å². The minimum Gasteiger partial charge on any atom is -0.368 e. The lowest BCUT2D eigenvalue weighted by Crippen LogP contribution is -2.68. The van der Waals surface area contributed by atoms with E-state index in [1.54, 1.807) is 0 Å². The molecule has 1 saturated heterocycles. The SMILES string of the molecule is CC(C)(C)[Si](C)(C)N1CC(CN)C1=O. The molecule has 1 atom stereocenters. The van der Waals surface area contributed by atoms with Gasteiger partial charge in [0.05, 0.1) is 5.92 Å². The highest BCUT2D eigenvalue weighted by atomic mass is 28.3. The average molecular weight is 214 g/mol. The van der Waals surface area contributed by atoms with Crippen LogP contribution in [0.2, 0.25) is 18.1 Å². The quantitative estimate of drug-likeness (QED) is 0.558. The third-order valence-corrected chi connectivity index (χ3v) is 9.24. The van der Waals surface area contributed by atoms with Crippen LogP contribution >= 0.6 is 0 Å². The van der Waals surface area contributed by atoms with Gasteiger partial charge in [-0.15, -0.1) is 0 Å². The van der Waals surface area contributed by atoms with Gasteiger partial charge in [-0.25, -0.2) is 0 Å². The number of nitrogens with two attached hydrogens (primary N) is 1. The third kappa shape index (κ3) is 1.61. The Bertz CT molecular complexity index is 245. The monoisotopic (exact) mass is 214 g/mol. The highest BCUT2D eigenvalue weighted by Gasteiger charge is 2.50. The van der Waals surface area contributed by atoms with Crippen LogP contribution in [0.3, 0.4) is 0 Å². The van der Waals surface area contributed by atoms with Gasteiger partial charge in [0, 0.05) is 13.1 Å². The molecule has 1 unspecified atom stereocenters. The second-order valence-electron chi connectivity index (χ2n) is 5.69. The summed E-state index contributed by atoms with van der Waals surface area (Å²) in [4.78, 5) is 11.8. The normalized spacial score (nSPS) is 23.7. The van der Waals surface area contributed by atoms with Crippen molar-refractivity contribution in [1.29, 1.82) is 0 Å². The fraction of sp³-hybridized carbons (Fsp3) is 0.900. The van der Waals surface area contributed by atoms with Gasteiger partial charge >= 0.3 is 0 Å². The number of rotatable bonds is 2. The van der Waals surface area contributed by atoms with Crippen LogP contribution in [0.5, 0.6) is 0 Å². The van der Waals surface area contributed by atoms with E-state index < -0.39 is 8.24 Å². The Morgan fingerprint density at radius 2 is 2.00 bits per heavy atom. The van der Waals surface area contributed by atoms with Gasteiger partial charge in [-0.1, -0.05) is 33.9 Å². The maximum absolute atomic E-state index is 11.8. The molecule has 0 radical (unpaired) electrons. The number of nitrogens with zero attached hydrogens (tertiary/aromatic N) is 1. The Labute approximate surface area is 87.7 Å². The first-order valence-corrected chi connectivity index (χ1v) is 8.18. The molecule has 1 aliphatic heterocycles. The number of hydrogen-bond donors (Lipinski definition) is 1. The first-order chi connectivity index (χ1) is 6.21. The van der Waals surface area contributed by atoms with Crippen molar-refractivity contribution in [2.45, 2.75) is 38.9 Å². The molecule has 1 amide bonds. The van der Waals surface area contributed by atoms with Crippen molar-refractivity contribution in [3.63, 3.8) is 0 Å². The van der Waals surface area contributed by atoms with Gasteiger partial charge in [0.1, 0.15) is 0 Å². The van der Waals surface area contributed by atoms with E-state index in [-0.39, 0.29) is 16.9 Å². The standard InChI is InChI=1S/C10H22N2OSi/c1-10(2,3)14(4,5)12-7-8(6-11)9(12)13/h8H,6-7,11H2,1-5H3. The van der Waals surface area contributed by atoms with E-state index in [2.05, 4.69) is 38.4 Å². The second-order valence-corrected chi connectivity index (χ2v) is 10.8. The highest BCUT2D eigenvalue weighted by molar-refractivity contribution is 6.79. The van der Waals surface area contributed by atoms with Crippen LogP contribution in [0.1, 0.15) is 20.8 Å². The highest BCUT2D eigenvalue weighted by Crippen LogP contribution is 2.41. The Morgan fingerprint density at radius 3 is 2.29 bits per heavy atom. The van der Waals surface area contributed by atoms with Gasteiger partial charge in [0.25, 0.3) is 0 Å². The lowest BCUT2D eigenvalue weighted by atomic mass is 10.0. The molecule has 0 spiro atoms. The van der Waals surface area contributed by atoms with Gasteiger partial charge in [0.2, 0.25) is 5.91 Å². The zero-order valence-electron chi connectivity index (χ0n) is 9.92. The lowest BCUT2D eigenvalue weighted by Gasteiger charge is -2.53. The molecule has 3 nitrogen and oxygen atoms in total. The molecule has 0 bridgehead atoms. The summed E-state index contributed by atoms with van der Waals surface area (Å²) in [6, 6.07) is 0. The molecule has 1 heterocycles.